The number of rotatable bonds is 5. The molecule has 1 aliphatic heterocycles. The maximum absolute atomic E-state index is 5.69. The average molecular weight is 278 g/mol. The number of hydrogen-bond acceptors (Lipinski definition) is 3. The summed E-state index contributed by atoms with van der Waals surface area (Å²) >= 11 is 16.8. The first-order chi connectivity index (χ1) is 6.73. The number of halogens is 2. The van der Waals surface area contributed by atoms with Crippen molar-refractivity contribution < 1.29 is 9.05 Å². The van der Waals surface area contributed by atoms with Crippen LogP contribution in [0.25, 0.3) is 0 Å². The van der Waals surface area contributed by atoms with Crippen LogP contribution in [0.1, 0.15) is 6.42 Å². The second-order valence-electron chi connectivity index (χ2n) is 2.82. The molecule has 1 fully saturated rings. The minimum Gasteiger partial charge on any atom is -0.318 e. The van der Waals surface area contributed by atoms with Gasteiger partial charge in [-0.15, -0.1) is 23.2 Å². The topological polar surface area (TPSA) is 21.7 Å². The van der Waals surface area contributed by atoms with Gasteiger partial charge in [0.1, 0.15) is 0 Å². The molecule has 0 aliphatic carbocycles. The van der Waals surface area contributed by atoms with E-state index in [2.05, 4.69) is 0 Å². The molecule has 1 saturated heterocycles. The summed E-state index contributed by atoms with van der Waals surface area (Å²) in [5.41, 5.74) is 0. The summed E-state index contributed by atoms with van der Waals surface area (Å²) in [6.45, 7) is 0.443. The lowest BCUT2D eigenvalue weighted by molar-refractivity contribution is 0.148. The Morgan fingerprint density at radius 3 is 2.07 bits per heavy atom. The summed E-state index contributed by atoms with van der Waals surface area (Å²) in [7, 11) is 0. The van der Waals surface area contributed by atoms with Gasteiger partial charge in [0, 0.05) is 24.8 Å². The Morgan fingerprint density at radius 1 is 1.14 bits per heavy atom. The van der Waals surface area contributed by atoms with E-state index in [1.807, 2.05) is 4.67 Å². The van der Waals surface area contributed by atoms with E-state index in [0.717, 1.165) is 6.42 Å². The molecule has 0 atom stereocenters. The third-order valence-corrected chi connectivity index (χ3v) is 5.60. The highest BCUT2D eigenvalue weighted by Crippen LogP contribution is 2.54. The van der Waals surface area contributed by atoms with Gasteiger partial charge in [0.05, 0.1) is 13.2 Å². The van der Waals surface area contributed by atoms with E-state index in [1.54, 1.807) is 0 Å². The molecule has 0 saturated carbocycles. The van der Waals surface area contributed by atoms with Gasteiger partial charge in [-0.2, -0.15) is 0 Å². The third kappa shape index (κ3) is 3.60. The predicted molar refractivity (Wildman–Crippen MR) is 63.8 cm³/mol. The molecule has 7 heteroatoms. The largest absolute Gasteiger partial charge is 0.318 e. The molecule has 1 rings (SSSR count). The van der Waals surface area contributed by atoms with Gasteiger partial charge in [0.25, 0.3) is 6.64 Å². The molecular formula is C7H14Cl2NO2PS. The van der Waals surface area contributed by atoms with E-state index in [-0.39, 0.29) is 0 Å². The zero-order valence-corrected chi connectivity index (χ0v) is 11.0. The van der Waals surface area contributed by atoms with Gasteiger partial charge < -0.3 is 9.05 Å². The van der Waals surface area contributed by atoms with Crippen LogP contribution in [-0.2, 0) is 20.9 Å². The van der Waals surface area contributed by atoms with Crippen LogP contribution in [0, 0.1) is 0 Å². The normalized spacial score (nSPS) is 21.4. The Kier molecular flexibility index (Phi) is 6.25. The number of nitrogens with zero attached hydrogens (tertiary/aromatic N) is 1. The van der Waals surface area contributed by atoms with Crippen LogP contribution in [0.3, 0.4) is 0 Å². The minimum atomic E-state index is -2.26. The summed E-state index contributed by atoms with van der Waals surface area (Å²) in [4.78, 5) is 0. The van der Waals surface area contributed by atoms with Gasteiger partial charge in [-0.1, -0.05) is 0 Å². The van der Waals surface area contributed by atoms with Gasteiger partial charge in [0.15, 0.2) is 0 Å². The van der Waals surface area contributed by atoms with Crippen molar-refractivity contribution in [2.24, 2.45) is 0 Å². The van der Waals surface area contributed by atoms with Gasteiger partial charge in [-0.05, 0) is 18.2 Å². The minimum absolute atomic E-state index is 0.516. The van der Waals surface area contributed by atoms with Crippen molar-refractivity contribution in [1.82, 2.24) is 4.67 Å². The van der Waals surface area contributed by atoms with Gasteiger partial charge in [-0.25, -0.2) is 4.67 Å². The third-order valence-electron chi connectivity index (χ3n) is 1.83. The highest BCUT2D eigenvalue weighted by Gasteiger charge is 2.29. The molecule has 1 heterocycles. The van der Waals surface area contributed by atoms with E-state index in [0.29, 0.717) is 38.1 Å². The zero-order valence-electron chi connectivity index (χ0n) is 7.82. The summed E-state index contributed by atoms with van der Waals surface area (Å²) < 4.78 is 13.0. The van der Waals surface area contributed by atoms with Crippen LogP contribution in [0.5, 0.6) is 0 Å². The second kappa shape index (κ2) is 6.64. The van der Waals surface area contributed by atoms with Crippen molar-refractivity contribution in [2.45, 2.75) is 6.42 Å². The Bertz CT molecular complexity index is 204. The van der Waals surface area contributed by atoms with Crippen LogP contribution < -0.4 is 0 Å². The molecule has 0 radical (unpaired) electrons. The van der Waals surface area contributed by atoms with Crippen LogP contribution in [0.2, 0.25) is 0 Å². The van der Waals surface area contributed by atoms with E-state index >= 15 is 0 Å². The van der Waals surface area contributed by atoms with Crippen molar-refractivity contribution in [3.8, 4) is 0 Å². The SMILES string of the molecule is S=P1(N(CCCl)CCCl)OCCCO1. The average Bonchev–Trinajstić information content (AvgIpc) is 2.19. The highest BCUT2D eigenvalue weighted by molar-refractivity contribution is 8.08. The first-order valence-electron chi connectivity index (χ1n) is 4.49. The van der Waals surface area contributed by atoms with Crippen molar-refractivity contribution in [1.29, 1.82) is 0 Å². The monoisotopic (exact) mass is 277 g/mol. The van der Waals surface area contributed by atoms with Gasteiger partial charge in [-0.3, -0.25) is 0 Å². The summed E-state index contributed by atoms with van der Waals surface area (Å²) in [6.07, 6.45) is 0.911. The molecule has 0 amide bonds. The summed E-state index contributed by atoms with van der Waals surface area (Å²) in [6, 6.07) is 0. The Balaban J connectivity index is 2.58. The van der Waals surface area contributed by atoms with E-state index < -0.39 is 6.64 Å². The van der Waals surface area contributed by atoms with E-state index in [1.165, 1.54) is 0 Å². The predicted octanol–water partition coefficient (Wildman–Crippen LogP) is 2.43. The van der Waals surface area contributed by atoms with Gasteiger partial charge >= 0.3 is 0 Å². The molecule has 14 heavy (non-hydrogen) atoms. The molecular weight excluding hydrogens is 264 g/mol. The molecule has 0 spiro atoms. The van der Waals surface area contributed by atoms with Crippen molar-refractivity contribution in [2.75, 3.05) is 38.1 Å². The fraction of sp³-hybridized carbons (Fsp3) is 1.00. The van der Waals surface area contributed by atoms with Crippen LogP contribution >= 0.6 is 29.8 Å². The molecule has 0 bridgehead atoms. The lowest BCUT2D eigenvalue weighted by Crippen LogP contribution is -2.29. The zero-order chi connectivity index (χ0) is 10.4. The van der Waals surface area contributed by atoms with Crippen molar-refractivity contribution in [3.05, 3.63) is 0 Å². The summed E-state index contributed by atoms with van der Waals surface area (Å²) in [5, 5.41) is 0. The highest BCUT2D eigenvalue weighted by atomic mass is 35.5. The Hall–Kier alpha value is 1.11. The van der Waals surface area contributed by atoms with Crippen molar-refractivity contribution >= 4 is 41.7 Å². The fourth-order valence-electron chi connectivity index (χ4n) is 1.17. The molecule has 0 unspecified atom stereocenters. The maximum Gasteiger partial charge on any atom is 0.264 e. The second-order valence-corrected chi connectivity index (χ2v) is 6.98. The first kappa shape index (κ1) is 13.2. The maximum atomic E-state index is 5.69. The quantitative estimate of drug-likeness (QED) is 0.568. The van der Waals surface area contributed by atoms with Crippen LogP contribution in [0.4, 0.5) is 0 Å². The standard InChI is InChI=1S/C7H14Cl2NO2PS/c8-2-4-10(5-3-9)13(14)11-6-1-7-12-13/h1-7H2. The van der Waals surface area contributed by atoms with Crippen molar-refractivity contribution in [3.63, 3.8) is 0 Å². The smallest absolute Gasteiger partial charge is 0.264 e. The number of alkyl halides is 2. The Morgan fingerprint density at radius 2 is 1.64 bits per heavy atom. The van der Waals surface area contributed by atoms with Crippen LogP contribution in [0.15, 0.2) is 0 Å². The van der Waals surface area contributed by atoms with E-state index in [9.17, 15) is 0 Å². The molecule has 0 N–H and O–H groups in total. The molecule has 0 aromatic heterocycles. The van der Waals surface area contributed by atoms with E-state index in [4.69, 9.17) is 44.1 Å². The lowest BCUT2D eigenvalue weighted by Gasteiger charge is -2.35. The molecule has 0 aromatic rings. The summed E-state index contributed by atoms with van der Waals surface area (Å²) in [5.74, 6) is 1.03. The first-order valence-corrected chi connectivity index (χ1v) is 8.15. The van der Waals surface area contributed by atoms with Crippen LogP contribution in [-0.4, -0.2) is 42.7 Å². The molecule has 1 aliphatic rings. The molecule has 0 aromatic carbocycles. The molecule has 3 nitrogen and oxygen atoms in total. The lowest BCUT2D eigenvalue weighted by atomic mass is 10.5. The Labute approximate surface area is 99.9 Å². The number of hydrogen-bond donors (Lipinski definition) is 0. The van der Waals surface area contributed by atoms with Gasteiger partial charge in [0.2, 0.25) is 0 Å². The molecule has 84 valence electrons. The fourth-order valence-corrected chi connectivity index (χ4v) is 4.56.